The number of allylic oxidation sites excluding steroid dienone is 7. The van der Waals surface area contributed by atoms with Crippen LogP contribution in [0.15, 0.2) is 111 Å². The van der Waals surface area contributed by atoms with E-state index in [2.05, 4.69) is 35.3 Å². The molecule has 0 N–H and O–H groups in total. The van der Waals surface area contributed by atoms with Gasteiger partial charge in [-0.3, -0.25) is 4.98 Å². The van der Waals surface area contributed by atoms with E-state index in [1.54, 1.807) is 36.7 Å². The van der Waals surface area contributed by atoms with Gasteiger partial charge in [-0.05, 0) is 35.2 Å². The van der Waals surface area contributed by atoms with Gasteiger partial charge in [-0.25, -0.2) is 10.7 Å². The molecule has 0 amide bonds. The topological polar surface area (TPSA) is 48.1 Å². The zero-order valence-corrected chi connectivity index (χ0v) is 21.3. The summed E-state index contributed by atoms with van der Waals surface area (Å²) in [6, 6.07) is 15.6. The van der Waals surface area contributed by atoms with Crippen molar-refractivity contribution in [2.24, 2.45) is 0 Å². The van der Waals surface area contributed by atoms with Crippen LogP contribution in [0.25, 0.3) is 25.7 Å². The molecule has 0 bridgehead atoms. The molecule has 5 heteroatoms. The van der Waals surface area contributed by atoms with E-state index in [0.29, 0.717) is 5.56 Å². The van der Waals surface area contributed by atoms with Gasteiger partial charge in [-0.15, -0.1) is 24.3 Å². The number of pyridine rings is 2. The summed E-state index contributed by atoms with van der Waals surface area (Å²) in [6.07, 6.45) is 12.3. The largest absolute Gasteiger partial charge is 3.00 e. The van der Waals surface area contributed by atoms with Crippen LogP contribution in [-0.2, 0) is 20.1 Å². The standard InChI is InChI=1S/C17H12N2S.C6H7.C5H5N.Ir/c1-3-4-8-15(18)14-7-5-6-12-13-10-9-11(2)19-17(13)20-16(12)14;1-3-5-6-4-2;1-2-4-6-5-3-1;/h3-6,8-10H,1H2,2H3;3-5H,1-2H2;1-5H;/q-2;-1;;+3/b8-4-;;;/i1D,4D,8D;;;/b3-1?,8-4-;;;. The summed E-state index contributed by atoms with van der Waals surface area (Å²) < 4.78 is 23.3. The fraction of sp³-hybridized carbons (Fsp3) is 0.0357. The van der Waals surface area contributed by atoms with Gasteiger partial charge in [-0.2, -0.15) is 54.4 Å². The molecule has 0 saturated heterocycles. The van der Waals surface area contributed by atoms with Crippen LogP contribution >= 0.6 is 11.3 Å². The molecular formula is C28H24IrN3S. The van der Waals surface area contributed by atoms with E-state index in [1.165, 1.54) is 11.3 Å². The SMILES string of the molecule is C=C[C-]=CC=C.[2H]C=C/C([2H])=C(/[2H])C(=[N-])c1[c-]ccc2c1sc1nc(C)ccc12.[Ir+3].c1ccncc1. The predicted octanol–water partition coefficient (Wildman–Crippen LogP) is 7.46. The summed E-state index contributed by atoms with van der Waals surface area (Å²) >= 11 is 1.43. The Morgan fingerprint density at radius 2 is 1.97 bits per heavy atom. The minimum absolute atomic E-state index is 0. The van der Waals surface area contributed by atoms with E-state index < -0.39 is 0 Å². The molecule has 0 aliphatic carbocycles. The van der Waals surface area contributed by atoms with Crippen molar-refractivity contribution in [1.82, 2.24) is 9.97 Å². The second kappa shape index (κ2) is 15.5. The number of rotatable bonds is 5. The molecular weight excluding hydrogens is 603 g/mol. The first-order valence-electron chi connectivity index (χ1n) is 11.2. The molecule has 0 atom stereocenters. The quantitative estimate of drug-likeness (QED) is 0.131. The van der Waals surface area contributed by atoms with Crippen LogP contribution in [0.1, 0.15) is 15.4 Å². The first kappa shape index (κ1) is 22.9. The maximum Gasteiger partial charge on any atom is 3.00 e. The molecule has 166 valence electrons. The molecule has 33 heavy (non-hydrogen) atoms. The van der Waals surface area contributed by atoms with E-state index in [-0.39, 0.29) is 37.9 Å². The smallest absolute Gasteiger partial charge is 0.855 e. The number of aromatic nitrogens is 2. The van der Waals surface area contributed by atoms with E-state index in [4.69, 9.17) is 4.11 Å². The Balaban J connectivity index is 0.000000412. The summed E-state index contributed by atoms with van der Waals surface area (Å²) in [6.45, 7) is 9.68. The van der Waals surface area contributed by atoms with E-state index in [9.17, 15) is 5.41 Å². The summed E-state index contributed by atoms with van der Waals surface area (Å²) in [5, 5.41) is 12.3. The normalized spacial score (nSPS) is 12.2. The molecule has 0 radical (unpaired) electrons. The Morgan fingerprint density at radius 3 is 2.55 bits per heavy atom. The van der Waals surface area contributed by atoms with Crippen molar-refractivity contribution in [3.8, 4) is 0 Å². The molecule has 0 spiro atoms. The van der Waals surface area contributed by atoms with Gasteiger partial charge in [0.25, 0.3) is 0 Å². The van der Waals surface area contributed by atoms with Crippen molar-refractivity contribution >= 4 is 37.4 Å². The maximum absolute atomic E-state index is 10.4. The van der Waals surface area contributed by atoms with Crippen molar-refractivity contribution in [2.45, 2.75) is 6.92 Å². The zero-order chi connectivity index (χ0) is 25.6. The second-order valence-corrected chi connectivity index (χ2v) is 7.08. The molecule has 3 nitrogen and oxygen atoms in total. The monoisotopic (exact) mass is 630 g/mol. The van der Waals surface area contributed by atoms with Crippen LogP contribution in [-0.4, -0.2) is 15.7 Å². The van der Waals surface area contributed by atoms with Crippen LogP contribution in [0.3, 0.4) is 0 Å². The van der Waals surface area contributed by atoms with Crippen molar-refractivity contribution in [1.29, 1.82) is 0 Å². The number of hydrogen-bond donors (Lipinski definition) is 0. The summed E-state index contributed by atoms with van der Waals surface area (Å²) in [5.41, 5.74) is 0.983. The van der Waals surface area contributed by atoms with Gasteiger partial charge in [0.1, 0.15) is 4.83 Å². The average molecular weight is 630 g/mol. The average Bonchev–Trinajstić information content (AvgIpc) is 3.26. The van der Waals surface area contributed by atoms with E-state index in [0.717, 1.165) is 38.6 Å². The Bertz CT molecular complexity index is 1360. The van der Waals surface area contributed by atoms with Gasteiger partial charge in [0.15, 0.2) is 0 Å². The van der Waals surface area contributed by atoms with Crippen LogP contribution in [0.2, 0.25) is 0 Å². The van der Waals surface area contributed by atoms with Gasteiger partial charge in [0, 0.05) is 19.5 Å². The van der Waals surface area contributed by atoms with Crippen LogP contribution in [0.4, 0.5) is 0 Å². The summed E-state index contributed by atoms with van der Waals surface area (Å²) in [5.74, 6) is 0. The minimum atomic E-state index is -0.334. The number of hydrogen-bond acceptors (Lipinski definition) is 3. The zero-order valence-electron chi connectivity index (χ0n) is 21.1. The summed E-state index contributed by atoms with van der Waals surface area (Å²) in [7, 11) is 0. The Hall–Kier alpha value is -3.24. The number of fused-ring (bicyclic) bond motifs is 3. The van der Waals surface area contributed by atoms with Crippen LogP contribution in [0, 0.1) is 19.1 Å². The molecule has 0 fully saturated rings. The molecule has 0 aliphatic rings. The first-order chi connectivity index (χ1) is 16.9. The second-order valence-electron chi connectivity index (χ2n) is 6.09. The molecule has 4 aromatic rings. The number of aryl methyl sites for hydroxylation is 1. The Morgan fingerprint density at radius 1 is 1.18 bits per heavy atom. The fourth-order valence-corrected chi connectivity index (χ4v) is 3.73. The number of benzene rings is 1. The molecule has 0 saturated carbocycles. The minimum Gasteiger partial charge on any atom is -0.855 e. The molecule has 1 aromatic carbocycles. The van der Waals surface area contributed by atoms with Gasteiger partial charge >= 0.3 is 20.1 Å². The van der Waals surface area contributed by atoms with Crippen LogP contribution in [0.5, 0.6) is 0 Å². The van der Waals surface area contributed by atoms with Crippen LogP contribution < -0.4 is 0 Å². The van der Waals surface area contributed by atoms with Crippen molar-refractivity contribution in [2.75, 3.05) is 0 Å². The van der Waals surface area contributed by atoms with Gasteiger partial charge < -0.3 is 5.41 Å². The van der Waals surface area contributed by atoms with Crippen molar-refractivity contribution < 1.29 is 24.2 Å². The molecule has 0 aliphatic heterocycles. The molecule has 4 rings (SSSR count). The fourth-order valence-electron chi connectivity index (χ4n) is 2.51. The number of thiophene rings is 1. The van der Waals surface area contributed by atoms with Crippen molar-refractivity contribution in [3.63, 3.8) is 0 Å². The maximum atomic E-state index is 10.4. The molecule has 0 unspecified atom stereocenters. The molecule has 3 aromatic heterocycles. The predicted molar refractivity (Wildman–Crippen MR) is 140 cm³/mol. The third kappa shape index (κ3) is 8.66. The van der Waals surface area contributed by atoms with E-state index >= 15 is 0 Å². The first-order valence-corrected chi connectivity index (χ1v) is 10.4. The Kier molecular flexibility index (Phi) is 10.8. The van der Waals surface area contributed by atoms with Gasteiger partial charge in [0.2, 0.25) is 0 Å². The third-order valence-corrected chi connectivity index (χ3v) is 4.98. The number of nitrogens with zero attached hydrogens (tertiary/aromatic N) is 3. The van der Waals surface area contributed by atoms with Crippen molar-refractivity contribution in [3.05, 3.63) is 140 Å². The Labute approximate surface area is 217 Å². The van der Waals surface area contributed by atoms with E-state index in [1.807, 2.05) is 43.3 Å². The summed E-state index contributed by atoms with van der Waals surface area (Å²) in [4.78, 5) is 9.15. The van der Waals surface area contributed by atoms with Gasteiger partial charge in [-0.1, -0.05) is 36.2 Å². The third-order valence-electron chi connectivity index (χ3n) is 3.85. The molecule has 3 heterocycles. The van der Waals surface area contributed by atoms with Gasteiger partial charge in [0.05, 0.1) is 2.74 Å².